The minimum Gasteiger partial charge on any atom is -0.349 e. The Bertz CT molecular complexity index is 623. The summed E-state index contributed by atoms with van der Waals surface area (Å²) in [5.41, 5.74) is 1.90. The Labute approximate surface area is 156 Å². The molecule has 0 radical (unpaired) electrons. The fourth-order valence-corrected chi connectivity index (χ4v) is 4.22. The van der Waals surface area contributed by atoms with E-state index < -0.39 is 0 Å². The highest BCUT2D eigenvalue weighted by Crippen LogP contribution is 2.27. The number of likely N-dealkylation sites (tertiary alicyclic amines) is 1. The fourth-order valence-electron chi connectivity index (χ4n) is 4.22. The van der Waals surface area contributed by atoms with Gasteiger partial charge in [0.2, 0.25) is 0 Å². The third-order valence-electron chi connectivity index (χ3n) is 5.73. The molecule has 3 amide bonds. The first kappa shape index (κ1) is 18.7. The molecule has 2 N–H and O–H groups in total. The predicted octanol–water partition coefficient (Wildman–Crippen LogP) is 3.66. The molecule has 0 spiro atoms. The van der Waals surface area contributed by atoms with E-state index in [4.69, 9.17) is 0 Å². The van der Waals surface area contributed by atoms with E-state index in [-0.39, 0.29) is 11.9 Å². The number of urea groups is 1. The second kappa shape index (κ2) is 9.06. The van der Waals surface area contributed by atoms with E-state index in [2.05, 4.69) is 16.7 Å². The van der Waals surface area contributed by atoms with Crippen molar-refractivity contribution in [3.63, 3.8) is 0 Å². The van der Waals surface area contributed by atoms with E-state index in [0.717, 1.165) is 43.4 Å². The molecule has 142 valence electrons. The zero-order valence-corrected chi connectivity index (χ0v) is 15.8. The molecular formula is C21H31N3O2. The van der Waals surface area contributed by atoms with Crippen molar-refractivity contribution in [1.82, 2.24) is 15.5 Å². The van der Waals surface area contributed by atoms with Crippen molar-refractivity contribution in [3.8, 4) is 0 Å². The monoisotopic (exact) mass is 357 g/mol. The Morgan fingerprint density at radius 2 is 1.81 bits per heavy atom. The van der Waals surface area contributed by atoms with Crippen LogP contribution < -0.4 is 10.6 Å². The molecule has 1 aliphatic carbocycles. The minimum absolute atomic E-state index is 0.0167. The SMILES string of the molecule is CNC(=O)N1CCCC(c2cccc(C(=O)NC3CCCCCC3)c2)C1. The van der Waals surface area contributed by atoms with Gasteiger partial charge in [0.05, 0.1) is 0 Å². The van der Waals surface area contributed by atoms with Gasteiger partial charge in [0.25, 0.3) is 5.91 Å². The standard InChI is InChI=1S/C21H31N3O2/c1-22-21(26)24-13-7-10-18(15-24)16-8-6-9-17(14-16)20(25)23-19-11-4-2-3-5-12-19/h6,8-9,14,18-19H,2-5,7,10-13,15H2,1H3,(H,22,26)(H,23,25). The molecule has 1 aromatic carbocycles. The summed E-state index contributed by atoms with van der Waals surface area (Å²) in [6.45, 7) is 1.52. The number of amides is 3. The molecule has 0 aromatic heterocycles. The molecule has 0 bridgehead atoms. The van der Waals surface area contributed by atoms with Crippen molar-refractivity contribution >= 4 is 11.9 Å². The van der Waals surface area contributed by atoms with Crippen molar-refractivity contribution in [2.24, 2.45) is 0 Å². The summed E-state index contributed by atoms with van der Waals surface area (Å²) >= 11 is 0. The minimum atomic E-state index is -0.0167. The normalized spacial score (nSPS) is 21.7. The van der Waals surface area contributed by atoms with Crippen LogP contribution >= 0.6 is 0 Å². The van der Waals surface area contributed by atoms with Gasteiger partial charge in [-0.15, -0.1) is 0 Å². The highest BCUT2D eigenvalue weighted by molar-refractivity contribution is 5.94. The van der Waals surface area contributed by atoms with E-state index in [0.29, 0.717) is 18.5 Å². The Balaban J connectivity index is 1.65. The van der Waals surface area contributed by atoms with E-state index in [1.54, 1.807) is 7.05 Å². The Morgan fingerprint density at radius 3 is 2.54 bits per heavy atom. The van der Waals surface area contributed by atoms with E-state index in [9.17, 15) is 9.59 Å². The summed E-state index contributed by atoms with van der Waals surface area (Å²) in [5, 5.41) is 5.94. The maximum atomic E-state index is 12.7. The number of nitrogens with one attached hydrogen (secondary N) is 2. The topological polar surface area (TPSA) is 61.4 Å². The summed E-state index contributed by atoms with van der Waals surface area (Å²) in [6, 6.07) is 8.26. The molecule has 2 fully saturated rings. The molecule has 1 saturated heterocycles. The van der Waals surface area contributed by atoms with Gasteiger partial charge in [0.1, 0.15) is 0 Å². The number of carbonyl (C=O) groups excluding carboxylic acids is 2. The molecule has 1 saturated carbocycles. The van der Waals surface area contributed by atoms with Gasteiger partial charge < -0.3 is 15.5 Å². The molecule has 1 aliphatic heterocycles. The largest absolute Gasteiger partial charge is 0.349 e. The van der Waals surface area contributed by atoms with Crippen LogP contribution in [0.3, 0.4) is 0 Å². The van der Waals surface area contributed by atoms with Crippen LogP contribution in [0, 0.1) is 0 Å². The molecule has 1 aromatic rings. The number of benzene rings is 1. The van der Waals surface area contributed by atoms with Gasteiger partial charge in [-0.25, -0.2) is 4.79 Å². The molecule has 5 nitrogen and oxygen atoms in total. The second-order valence-corrected chi connectivity index (χ2v) is 7.63. The third kappa shape index (κ3) is 4.77. The van der Waals surface area contributed by atoms with Gasteiger partial charge in [-0.3, -0.25) is 4.79 Å². The predicted molar refractivity (Wildman–Crippen MR) is 103 cm³/mol. The quantitative estimate of drug-likeness (QED) is 0.811. The van der Waals surface area contributed by atoms with Crippen molar-refractivity contribution < 1.29 is 9.59 Å². The highest BCUT2D eigenvalue weighted by atomic mass is 16.2. The molecular weight excluding hydrogens is 326 g/mol. The van der Waals surface area contributed by atoms with Gasteiger partial charge in [0, 0.05) is 37.7 Å². The van der Waals surface area contributed by atoms with Gasteiger partial charge >= 0.3 is 6.03 Å². The Morgan fingerprint density at radius 1 is 1.04 bits per heavy atom. The molecule has 26 heavy (non-hydrogen) atoms. The highest BCUT2D eigenvalue weighted by Gasteiger charge is 2.25. The zero-order chi connectivity index (χ0) is 18.4. The first-order chi connectivity index (χ1) is 12.7. The van der Waals surface area contributed by atoms with E-state index in [1.807, 2.05) is 23.1 Å². The lowest BCUT2D eigenvalue weighted by Crippen LogP contribution is -2.43. The average Bonchev–Trinajstić information content (AvgIpc) is 2.96. The lowest BCUT2D eigenvalue weighted by Gasteiger charge is -2.32. The summed E-state index contributed by atoms with van der Waals surface area (Å²) in [4.78, 5) is 26.5. The van der Waals surface area contributed by atoms with Gasteiger partial charge in [-0.1, -0.05) is 37.8 Å². The van der Waals surface area contributed by atoms with Crippen LogP contribution in [0.15, 0.2) is 24.3 Å². The molecule has 5 heteroatoms. The van der Waals surface area contributed by atoms with E-state index >= 15 is 0 Å². The number of carbonyl (C=O) groups is 2. The summed E-state index contributed by atoms with van der Waals surface area (Å²) < 4.78 is 0. The summed E-state index contributed by atoms with van der Waals surface area (Å²) in [6.07, 6.45) is 9.23. The molecule has 1 heterocycles. The number of hydrogen-bond acceptors (Lipinski definition) is 2. The number of rotatable bonds is 3. The second-order valence-electron chi connectivity index (χ2n) is 7.63. The van der Waals surface area contributed by atoms with Crippen LogP contribution in [0.5, 0.6) is 0 Å². The molecule has 2 aliphatic rings. The van der Waals surface area contributed by atoms with Crippen LogP contribution in [-0.4, -0.2) is 43.0 Å². The van der Waals surface area contributed by atoms with Crippen LogP contribution in [0.2, 0.25) is 0 Å². The number of hydrogen-bond donors (Lipinski definition) is 2. The average molecular weight is 357 g/mol. The molecule has 1 unspecified atom stereocenters. The van der Waals surface area contributed by atoms with Crippen molar-refractivity contribution in [1.29, 1.82) is 0 Å². The van der Waals surface area contributed by atoms with Gasteiger partial charge in [-0.2, -0.15) is 0 Å². The first-order valence-electron chi connectivity index (χ1n) is 10.0. The molecule has 1 atom stereocenters. The smallest absolute Gasteiger partial charge is 0.317 e. The van der Waals surface area contributed by atoms with Gasteiger partial charge in [0.15, 0.2) is 0 Å². The summed E-state index contributed by atoms with van der Waals surface area (Å²) in [7, 11) is 1.67. The van der Waals surface area contributed by atoms with Gasteiger partial charge in [-0.05, 0) is 43.4 Å². The van der Waals surface area contributed by atoms with Crippen LogP contribution in [-0.2, 0) is 0 Å². The van der Waals surface area contributed by atoms with Crippen molar-refractivity contribution in [2.45, 2.75) is 63.3 Å². The number of piperidine rings is 1. The Hall–Kier alpha value is -2.04. The van der Waals surface area contributed by atoms with Crippen LogP contribution in [0.1, 0.15) is 73.2 Å². The fraction of sp³-hybridized carbons (Fsp3) is 0.619. The first-order valence-corrected chi connectivity index (χ1v) is 10.0. The summed E-state index contributed by atoms with van der Waals surface area (Å²) in [5.74, 6) is 0.337. The maximum absolute atomic E-state index is 12.7. The lowest BCUT2D eigenvalue weighted by atomic mass is 9.89. The van der Waals surface area contributed by atoms with Crippen molar-refractivity contribution in [2.75, 3.05) is 20.1 Å². The zero-order valence-electron chi connectivity index (χ0n) is 15.8. The van der Waals surface area contributed by atoms with Crippen LogP contribution in [0.4, 0.5) is 4.79 Å². The van der Waals surface area contributed by atoms with Crippen LogP contribution in [0.25, 0.3) is 0 Å². The lowest BCUT2D eigenvalue weighted by molar-refractivity contribution is 0.0933. The van der Waals surface area contributed by atoms with Crippen molar-refractivity contribution in [3.05, 3.63) is 35.4 Å². The number of nitrogens with zero attached hydrogens (tertiary/aromatic N) is 1. The third-order valence-corrected chi connectivity index (χ3v) is 5.73. The maximum Gasteiger partial charge on any atom is 0.317 e. The Kier molecular flexibility index (Phi) is 6.53. The molecule has 3 rings (SSSR count). The van der Waals surface area contributed by atoms with E-state index in [1.165, 1.54) is 25.7 Å².